The van der Waals surface area contributed by atoms with Crippen LogP contribution in [0.4, 0.5) is 0 Å². The van der Waals surface area contributed by atoms with Crippen LogP contribution in [-0.2, 0) is 16.1 Å². The number of esters is 1. The maximum atomic E-state index is 11.2. The molecule has 0 bridgehead atoms. The zero-order valence-corrected chi connectivity index (χ0v) is 10.9. The molecule has 0 aliphatic heterocycles. The number of hydrogen-bond acceptors (Lipinski definition) is 3. The van der Waals surface area contributed by atoms with Gasteiger partial charge in [-0.1, -0.05) is 34.7 Å². The van der Waals surface area contributed by atoms with Crippen LogP contribution in [0.3, 0.4) is 0 Å². The Balaban J connectivity index is 2.47. The smallest absolute Gasteiger partial charge is 0.318 e. The van der Waals surface area contributed by atoms with Crippen molar-refractivity contribution >= 4 is 28.6 Å². The summed E-state index contributed by atoms with van der Waals surface area (Å²) < 4.78 is 9.99. The van der Waals surface area contributed by atoms with Gasteiger partial charge in [-0.2, -0.15) is 0 Å². The molecule has 1 unspecified atom stereocenters. The fraction of sp³-hybridized carbons (Fsp3) is 0.364. The number of methoxy groups -OCH3 is 1. The maximum absolute atomic E-state index is 11.2. The number of hydrogen-bond donors (Lipinski definition) is 0. The lowest BCUT2D eigenvalue weighted by atomic mass is 10.2. The van der Waals surface area contributed by atoms with E-state index in [4.69, 9.17) is 9.47 Å². The molecule has 0 fully saturated rings. The lowest BCUT2D eigenvalue weighted by molar-refractivity contribution is -0.143. The number of benzene rings is 1. The molecule has 0 heterocycles. The van der Waals surface area contributed by atoms with E-state index < -0.39 is 0 Å². The van der Waals surface area contributed by atoms with Gasteiger partial charge in [0.05, 0.1) is 7.11 Å². The van der Waals surface area contributed by atoms with Crippen molar-refractivity contribution in [2.45, 2.75) is 17.5 Å². The first-order valence-corrected chi connectivity index (χ1v) is 5.81. The Bertz CT molecular complexity index is 319. The second kappa shape index (κ2) is 5.95. The molecule has 1 aromatic rings. The second-order valence-electron chi connectivity index (χ2n) is 3.07. The van der Waals surface area contributed by atoms with Gasteiger partial charge in [0.15, 0.2) is 0 Å². The highest BCUT2D eigenvalue weighted by Crippen LogP contribution is 2.12. The van der Waals surface area contributed by atoms with Crippen LogP contribution in [0.2, 0.25) is 0 Å². The van der Waals surface area contributed by atoms with E-state index in [2.05, 4.69) is 0 Å². The third kappa shape index (κ3) is 4.07. The van der Waals surface area contributed by atoms with Crippen LogP contribution >= 0.6 is 22.6 Å². The van der Waals surface area contributed by atoms with E-state index >= 15 is 0 Å². The Morgan fingerprint density at radius 3 is 2.47 bits per heavy atom. The highest BCUT2D eigenvalue weighted by atomic mass is 127. The Morgan fingerprint density at radius 2 is 2.00 bits per heavy atom. The minimum atomic E-state index is -0.189. The molecular weight excluding hydrogens is 307 g/mol. The summed E-state index contributed by atoms with van der Waals surface area (Å²) in [5.74, 6) is 0.610. The van der Waals surface area contributed by atoms with E-state index in [9.17, 15) is 4.79 Å². The van der Waals surface area contributed by atoms with Crippen molar-refractivity contribution in [3.8, 4) is 5.75 Å². The molecule has 4 heteroatoms. The molecule has 0 aliphatic carbocycles. The van der Waals surface area contributed by atoms with Gasteiger partial charge in [-0.25, -0.2) is 0 Å². The van der Waals surface area contributed by atoms with Crippen molar-refractivity contribution in [1.82, 2.24) is 0 Å². The van der Waals surface area contributed by atoms with Crippen molar-refractivity contribution in [3.63, 3.8) is 0 Å². The van der Waals surface area contributed by atoms with Crippen LogP contribution < -0.4 is 4.74 Å². The Hall–Kier alpha value is -0.780. The number of alkyl halides is 1. The van der Waals surface area contributed by atoms with Crippen LogP contribution in [0.5, 0.6) is 5.75 Å². The minimum absolute atomic E-state index is 0.110. The topological polar surface area (TPSA) is 35.5 Å². The first-order chi connectivity index (χ1) is 7.13. The van der Waals surface area contributed by atoms with Crippen LogP contribution in [0.15, 0.2) is 24.3 Å². The molecule has 0 aromatic heterocycles. The average Bonchev–Trinajstić information content (AvgIpc) is 2.26. The van der Waals surface area contributed by atoms with E-state index in [1.807, 2.05) is 46.9 Å². The predicted octanol–water partition coefficient (Wildman–Crippen LogP) is 2.56. The van der Waals surface area contributed by atoms with Gasteiger partial charge in [0.2, 0.25) is 0 Å². The number of carbonyl (C=O) groups excluding carboxylic acids is 1. The van der Waals surface area contributed by atoms with Crippen molar-refractivity contribution in [2.75, 3.05) is 7.11 Å². The van der Waals surface area contributed by atoms with Crippen molar-refractivity contribution in [2.24, 2.45) is 0 Å². The summed E-state index contributed by atoms with van der Waals surface area (Å²) in [7, 11) is 1.62. The van der Waals surface area contributed by atoms with Gasteiger partial charge < -0.3 is 9.47 Å². The molecule has 0 aliphatic rings. The van der Waals surface area contributed by atoms with Crippen LogP contribution in [0, 0.1) is 0 Å². The van der Waals surface area contributed by atoms with Crippen molar-refractivity contribution in [3.05, 3.63) is 29.8 Å². The van der Waals surface area contributed by atoms with Gasteiger partial charge in [-0.05, 0) is 24.6 Å². The van der Waals surface area contributed by atoms with Gasteiger partial charge in [-0.3, -0.25) is 4.79 Å². The third-order valence-corrected chi connectivity index (χ3v) is 2.37. The first-order valence-electron chi connectivity index (χ1n) is 4.57. The average molecular weight is 320 g/mol. The molecule has 1 rings (SSSR count). The van der Waals surface area contributed by atoms with Gasteiger partial charge >= 0.3 is 5.97 Å². The van der Waals surface area contributed by atoms with E-state index in [0.717, 1.165) is 11.3 Å². The van der Waals surface area contributed by atoms with E-state index in [1.54, 1.807) is 14.0 Å². The summed E-state index contributed by atoms with van der Waals surface area (Å²) in [6.45, 7) is 2.12. The Kier molecular flexibility index (Phi) is 4.87. The molecule has 0 spiro atoms. The fourth-order valence-electron chi connectivity index (χ4n) is 0.991. The van der Waals surface area contributed by atoms with Crippen molar-refractivity contribution < 1.29 is 14.3 Å². The zero-order chi connectivity index (χ0) is 11.3. The highest BCUT2D eigenvalue weighted by Gasteiger charge is 2.09. The largest absolute Gasteiger partial charge is 0.497 e. The Labute approximate surface area is 103 Å². The van der Waals surface area contributed by atoms with E-state index in [1.165, 1.54) is 0 Å². The molecule has 0 amide bonds. The number of halogens is 1. The second-order valence-corrected chi connectivity index (χ2v) is 4.94. The molecule has 0 saturated carbocycles. The SMILES string of the molecule is COc1ccc(COC(=O)C(C)I)cc1. The summed E-state index contributed by atoms with van der Waals surface area (Å²) in [5.41, 5.74) is 0.959. The van der Waals surface area contributed by atoms with Crippen LogP contribution in [-0.4, -0.2) is 17.0 Å². The molecular formula is C11H13IO3. The molecule has 1 atom stereocenters. The normalized spacial score (nSPS) is 11.9. The monoisotopic (exact) mass is 320 g/mol. The maximum Gasteiger partial charge on any atom is 0.318 e. The van der Waals surface area contributed by atoms with E-state index in [-0.39, 0.29) is 9.89 Å². The van der Waals surface area contributed by atoms with Crippen LogP contribution in [0.25, 0.3) is 0 Å². The van der Waals surface area contributed by atoms with Gasteiger partial charge in [-0.15, -0.1) is 0 Å². The molecule has 3 nitrogen and oxygen atoms in total. The molecule has 0 saturated heterocycles. The summed E-state index contributed by atoms with van der Waals surface area (Å²) in [6.07, 6.45) is 0. The molecule has 0 radical (unpaired) electrons. The standard InChI is InChI=1S/C11H13IO3/c1-8(12)11(13)15-7-9-3-5-10(14-2)6-4-9/h3-6,8H,7H2,1-2H3. The number of ether oxygens (including phenoxy) is 2. The quantitative estimate of drug-likeness (QED) is 0.486. The minimum Gasteiger partial charge on any atom is -0.497 e. The lowest BCUT2D eigenvalue weighted by Gasteiger charge is -2.06. The van der Waals surface area contributed by atoms with Gasteiger partial charge in [0.25, 0.3) is 0 Å². The van der Waals surface area contributed by atoms with Gasteiger partial charge in [0.1, 0.15) is 16.3 Å². The molecule has 0 N–H and O–H groups in total. The van der Waals surface area contributed by atoms with Gasteiger partial charge in [0, 0.05) is 0 Å². The van der Waals surface area contributed by atoms with Crippen molar-refractivity contribution in [1.29, 1.82) is 0 Å². The molecule has 1 aromatic carbocycles. The molecule has 15 heavy (non-hydrogen) atoms. The highest BCUT2D eigenvalue weighted by molar-refractivity contribution is 14.1. The summed E-state index contributed by atoms with van der Waals surface area (Å²) in [5, 5.41) is 0. The number of rotatable bonds is 4. The zero-order valence-electron chi connectivity index (χ0n) is 8.70. The molecule has 82 valence electrons. The predicted molar refractivity (Wildman–Crippen MR) is 66.3 cm³/mol. The summed E-state index contributed by atoms with van der Waals surface area (Å²) >= 11 is 2.03. The summed E-state index contributed by atoms with van der Waals surface area (Å²) in [4.78, 5) is 11.2. The Morgan fingerprint density at radius 1 is 1.40 bits per heavy atom. The number of carbonyl (C=O) groups is 1. The fourth-order valence-corrected chi connectivity index (χ4v) is 1.17. The lowest BCUT2D eigenvalue weighted by Crippen LogP contribution is -2.13. The summed E-state index contributed by atoms with van der Waals surface area (Å²) in [6, 6.07) is 7.45. The van der Waals surface area contributed by atoms with Crippen LogP contribution in [0.1, 0.15) is 12.5 Å². The first kappa shape index (κ1) is 12.3. The van der Waals surface area contributed by atoms with E-state index in [0.29, 0.717) is 6.61 Å². The third-order valence-electron chi connectivity index (χ3n) is 1.86.